The van der Waals surface area contributed by atoms with Crippen LogP contribution >= 0.6 is 0 Å². The van der Waals surface area contributed by atoms with E-state index in [1.54, 1.807) is 6.07 Å². The predicted octanol–water partition coefficient (Wildman–Crippen LogP) is 0.452. The fraction of sp³-hybridized carbons (Fsp3) is 0.476. The number of amides is 5. The first-order valence-corrected chi connectivity index (χ1v) is 10.1. The van der Waals surface area contributed by atoms with E-state index in [1.807, 2.05) is 12.1 Å². The Balaban J connectivity index is 1.75. The summed E-state index contributed by atoms with van der Waals surface area (Å²) in [6, 6.07) is 4.82. The molecule has 5 amide bonds. The fourth-order valence-corrected chi connectivity index (χ4v) is 4.15. The van der Waals surface area contributed by atoms with Crippen LogP contribution in [0.2, 0.25) is 0 Å². The van der Waals surface area contributed by atoms with Gasteiger partial charge in [0.05, 0.1) is 0 Å². The first kappa shape index (κ1) is 21.5. The van der Waals surface area contributed by atoms with Crippen LogP contribution in [-0.2, 0) is 25.7 Å². The van der Waals surface area contributed by atoms with Crippen LogP contribution in [-0.4, -0.2) is 40.5 Å². The van der Waals surface area contributed by atoms with Gasteiger partial charge in [0.1, 0.15) is 6.04 Å². The van der Waals surface area contributed by atoms with Crippen molar-refractivity contribution in [2.45, 2.75) is 63.5 Å². The van der Waals surface area contributed by atoms with E-state index in [-0.39, 0.29) is 42.9 Å². The van der Waals surface area contributed by atoms with E-state index in [0.717, 1.165) is 11.1 Å². The molecule has 30 heavy (non-hydrogen) atoms. The highest BCUT2D eigenvalue weighted by Crippen LogP contribution is 2.32. The lowest BCUT2D eigenvalue weighted by Gasteiger charge is -2.29. The Morgan fingerprint density at radius 1 is 1.13 bits per heavy atom. The van der Waals surface area contributed by atoms with E-state index in [2.05, 4.69) is 5.32 Å². The van der Waals surface area contributed by atoms with Crippen molar-refractivity contribution in [1.82, 2.24) is 10.2 Å². The zero-order valence-corrected chi connectivity index (χ0v) is 16.7. The lowest BCUT2D eigenvalue weighted by molar-refractivity contribution is -0.137. The van der Waals surface area contributed by atoms with Crippen molar-refractivity contribution in [3.05, 3.63) is 34.9 Å². The minimum absolute atomic E-state index is 0.139. The van der Waals surface area contributed by atoms with Gasteiger partial charge in [-0.2, -0.15) is 0 Å². The van der Waals surface area contributed by atoms with E-state index in [9.17, 15) is 24.0 Å². The van der Waals surface area contributed by atoms with Gasteiger partial charge in [-0.15, -0.1) is 0 Å². The Hall–Kier alpha value is -3.23. The van der Waals surface area contributed by atoms with Gasteiger partial charge in [-0.3, -0.25) is 29.3 Å². The van der Waals surface area contributed by atoms with Gasteiger partial charge in [-0.05, 0) is 42.4 Å². The predicted molar refractivity (Wildman–Crippen MR) is 107 cm³/mol. The number of carbonyl (C=O) groups excluding carboxylic acids is 5. The normalized spacial score (nSPS) is 19.4. The summed E-state index contributed by atoms with van der Waals surface area (Å²) in [4.78, 5) is 60.5. The number of imide groups is 1. The maximum atomic E-state index is 13.0. The number of nitrogens with two attached hydrogens (primary N) is 2. The van der Waals surface area contributed by atoms with Crippen LogP contribution in [0.1, 0.15) is 72.3 Å². The molecule has 3 rings (SSSR count). The molecule has 0 saturated carbocycles. The fourth-order valence-electron chi connectivity index (χ4n) is 4.15. The molecule has 9 heteroatoms. The summed E-state index contributed by atoms with van der Waals surface area (Å²) in [7, 11) is 0. The first-order chi connectivity index (χ1) is 14.3. The highest BCUT2D eigenvalue weighted by Gasteiger charge is 2.39. The number of nitrogens with one attached hydrogen (secondary N) is 1. The Labute approximate surface area is 174 Å². The summed E-state index contributed by atoms with van der Waals surface area (Å²) in [5, 5.41) is 2.29. The van der Waals surface area contributed by atoms with E-state index in [1.165, 1.54) is 4.90 Å². The molecule has 1 fully saturated rings. The average molecular weight is 414 g/mol. The summed E-state index contributed by atoms with van der Waals surface area (Å²) in [5.74, 6) is -2.00. The third-order valence-electron chi connectivity index (χ3n) is 5.70. The quantitative estimate of drug-likeness (QED) is 0.396. The second-order valence-electron chi connectivity index (χ2n) is 7.90. The lowest BCUT2D eigenvalue weighted by Crippen LogP contribution is -2.52. The molecule has 0 bridgehead atoms. The molecule has 2 aliphatic heterocycles. The highest BCUT2D eigenvalue weighted by molar-refractivity contribution is 6.05. The highest BCUT2D eigenvalue weighted by atomic mass is 16.2. The Morgan fingerprint density at radius 2 is 1.90 bits per heavy atom. The second-order valence-corrected chi connectivity index (χ2v) is 7.90. The Morgan fingerprint density at radius 3 is 2.57 bits per heavy atom. The van der Waals surface area contributed by atoms with Crippen LogP contribution < -0.4 is 16.8 Å². The SMILES string of the molecule is NC(=O)CCCCC(CC(N)=O)c1ccc2c(c1)C(=O)N(C1CCC(=O)NC1=O)C2. The smallest absolute Gasteiger partial charge is 0.255 e. The van der Waals surface area contributed by atoms with Crippen molar-refractivity contribution in [3.63, 3.8) is 0 Å². The largest absolute Gasteiger partial charge is 0.370 e. The topological polar surface area (TPSA) is 153 Å². The molecular formula is C21H26N4O5. The van der Waals surface area contributed by atoms with Crippen LogP contribution in [0.4, 0.5) is 0 Å². The van der Waals surface area contributed by atoms with E-state index in [4.69, 9.17) is 11.5 Å². The molecule has 2 unspecified atom stereocenters. The molecule has 2 heterocycles. The number of unbranched alkanes of at least 4 members (excludes halogenated alkanes) is 1. The summed E-state index contributed by atoms with van der Waals surface area (Å²) in [6.07, 6.45) is 2.90. The molecule has 0 aliphatic carbocycles. The van der Waals surface area contributed by atoms with Gasteiger partial charge in [-0.1, -0.05) is 18.6 Å². The minimum atomic E-state index is -0.665. The molecule has 160 valence electrons. The van der Waals surface area contributed by atoms with Crippen molar-refractivity contribution in [2.24, 2.45) is 11.5 Å². The zero-order valence-electron chi connectivity index (χ0n) is 16.7. The van der Waals surface area contributed by atoms with Gasteiger partial charge in [0.15, 0.2) is 0 Å². The molecule has 0 spiro atoms. The molecule has 2 aliphatic rings. The monoisotopic (exact) mass is 414 g/mol. The minimum Gasteiger partial charge on any atom is -0.370 e. The summed E-state index contributed by atoms with van der Waals surface area (Å²) >= 11 is 0. The van der Waals surface area contributed by atoms with Gasteiger partial charge in [-0.25, -0.2) is 0 Å². The molecule has 0 radical (unpaired) electrons. The number of piperidine rings is 1. The van der Waals surface area contributed by atoms with Gasteiger partial charge < -0.3 is 16.4 Å². The van der Waals surface area contributed by atoms with E-state index >= 15 is 0 Å². The standard InChI is InChI=1S/C21H26N4O5/c22-17(26)4-2-1-3-12(10-18(23)27)13-5-6-14-11-25(21(30)15(14)9-13)16-7-8-19(28)24-20(16)29/h5-6,9,12,16H,1-4,7-8,10-11H2,(H2,22,26)(H2,23,27)(H,24,28,29). The first-order valence-electron chi connectivity index (χ1n) is 10.1. The van der Waals surface area contributed by atoms with E-state index in [0.29, 0.717) is 37.8 Å². The Kier molecular flexibility index (Phi) is 6.49. The zero-order chi connectivity index (χ0) is 21.8. The van der Waals surface area contributed by atoms with Crippen LogP contribution in [0.5, 0.6) is 0 Å². The number of primary amides is 2. The van der Waals surface area contributed by atoms with Crippen molar-refractivity contribution in [3.8, 4) is 0 Å². The van der Waals surface area contributed by atoms with Gasteiger partial charge >= 0.3 is 0 Å². The van der Waals surface area contributed by atoms with Gasteiger partial charge in [0.25, 0.3) is 5.91 Å². The van der Waals surface area contributed by atoms with Crippen LogP contribution in [0.3, 0.4) is 0 Å². The molecule has 1 aromatic rings. The maximum absolute atomic E-state index is 13.0. The Bertz CT molecular complexity index is 897. The van der Waals surface area contributed by atoms with Crippen molar-refractivity contribution in [2.75, 3.05) is 0 Å². The van der Waals surface area contributed by atoms with Crippen LogP contribution in [0, 0.1) is 0 Å². The molecule has 0 aromatic heterocycles. The number of hydrogen-bond acceptors (Lipinski definition) is 5. The lowest BCUT2D eigenvalue weighted by atomic mass is 9.88. The second kappa shape index (κ2) is 9.06. The van der Waals surface area contributed by atoms with E-state index < -0.39 is 17.9 Å². The third kappa shape index (κ3) is 4.84. The third-order valence-corrected chi connectivity index (χ3v) is 5.70. The molecular weight excluding hydrogens is 388 g/mol. The number of benzene rings is 1. The van der Waals surface area contributed by atoms with Crippen molar-refractivity contribution >= 4 is 29.5 Å². The number of fused-ring (bicyclic) bond motifs is 1. The van der Waals surface area contributed by atoms with Crippen LogP contribution in [0.15, 0.2) is 18.2 Å². The van der Waals surface area contributed by atoms with Crippen molar-refractivity contribution in [1.29, 1.82) is 0 Å². The molecule has 9 nitrogen and oxygen atoms in total. The molecule has 1 saturated heterocycles. The number of rotatable bonds is 9. The van der Waals surface area contributed by atoms with Gasteiger partial charge in [0, 0.05) is 31.4 Å². The maximum Gasteiger partial charge on any atom is 0.255 e. The molecule has 1 aromatic carbocycles. The van der Waals surface area contributed by atoms with Crippen molar-refractivity contribution < 1.29 is 24.0 Å². The number of nitrogens with zero attached hydrogens (tertiary/aromatic N) is 1. The number of carbonyl (C=O) groups is 5. The molecule has 5 N–H and O–H groups in total. The number of hydrogen-bond donors (Lipinski definition) is 3. The van der Waals surface area contributed by atoms with Gasteiger partial charge in [0.2, 0.25) is 23.6 Å². The average Bonchev–Trinajstić information content (AvgIpc) is 3.00. The summed E-state index contributed by atoms with van der Waals surface area (Å²) in [5.41, 5.74) is 12.7. The summed E-state index contributed by atoms with van der Waals surface area (Å²) in [6.45, 7) is 0.305. The summed E-state index contributed by atoms with van der Waals surface area (Å²) < 4.78 is 0. The van der Waals surface area contributed by atoms with Crippen LogP contribution in [0.25, 0.3) is 0 Å². The molecule has 2 atom stereocenters.